The van der Waals surface area contributed by atoms with E-state index in [1.54, 1.807) is 50.1 Å². The molecule has 36 heavy (non-hydrogen) atoms. The molecule has 0 spiro atoms. The summed E-state index contributed by atoms with van der Waals surface area (Å²) in [6.45, 7) is 8.61. The van der Waals surface area contributed by atoms with Crippen LogP contribution in [0, 0.1) is 5.41 Å². The Hall–Kier alpha value is -3.35. The quantitative estimate of drug-likeness (QED) is 0.362. The van der Waals surface area contributed by atoms with Crippen LogP contribution in [0.4, 0.5) is 4.79 Å². The van der Waals surface area contributed by atoms with Crippen molar-refractivity contribution in [2.24, 2.45) is 5.41 Å². The van der Waals surface area contributed by atoms with Gasteiger partial charge in [0.05, 0.1) is 18.4 Å². The highest BCUT2D eigenvalue weighted by molar-refractivity contribution is 5.81. The number of esters is 1. The summed E-state index contributed by atoms with van der Waals surface area (Å²) in [7, 11) is 1.71. The standard InChI is InChI=1S/C29H39NO6/c1-6-35-25(31)19-23-14-10-15-24(18-23)29(4,26(32)33)17-11-16-28(2,3)21-30(5)27(34)36-20-22-12-8-7-9-13-22/h7-10,12-15,18H,6,11,16-17,19-21H2,1-5H3,(H,32,33). The minimum absolute atomic E-state index is 0.108. The molecule has 2 aromatic carbocycles. The van der Waals surface area contributed by atoms with E-state index in [9.17, 15) is 19.5 Å². The zero-order chi connectivity index (χ0) is 26.8. The minimum atomic E-state index is -1.10. The number of amides is 1. The molecule has 1 atom stereocenters. The van der Waals surface area contributed by atoms with E-state index in [0.717, 1.165) is 17.5 Å². The van der Waals surface area contributed by atoms with Gasteiger partial charge in [0.1, 0.15) is 6.61 Å². The van der Waals surface area contributed by atoms with E-state index in [1.165, 1.54) is 0 Å². The predicted molar refractivity (Wildman–Crippen MR) is 139 cm³/mol. The molecular formula is C29H39NO6. The van der Waals surface area contributed by atoms with Crippen LogP contribution >= 0.6 is 0 Å². The molecule has 0 saturated heterocycles. The van der Waals surface area contributed by atoms with E-state index in [4.69, 9.17) is 9.47 Å². The number of carboxylic acid groups (broad SMARTS) is 1. The molecule has 0 aliphatic rings. The summed E-state index contributed by atoms with van der Waals surface area (Å²) in [5.74, 6) is -1.24. The lowest BCUT2D eigenvalue weighted by atomic mass is 9.75. The summed E-state index contributed by atoms with van der Waals surface area (Å²) in [5.41, 5.74) is 0.996. The van der Waals surface area contributed by atoms with Gasteiger partial charge in [-0.15, -0.1) is 0 Å². The fourth-order valence-corrected chi connectivity index (χ4v) is 4.31. The molecule has 2 aromatic rings. The van der Waals surface area contributed by atoms with Gasteiger partial charge in [0, 0.05) is 13.6 Å². The van der Waals surface area contributed by atoms with Gasteiger partial charge in [0.25, 0.3) is 0 Å². The van der Waals surface area contributed by atoms with Crippen molar-refractivity contribution in [3.8, 4) is 0 Å². The largest absolute Gasteiger partial charge is 0.481 e. The first kappa shape index (κ1) is 28.9. The van der Waals surface area contributed by atoms with Crippen molar-refractivity contribution in [3.63, 3.8) is 0 Å². The molecule has 0 bridgehead atoms. The lowest BCUT2D eigenvalue weighted by Gasteiger charge is -2.32. The maximum atomic E-state index is 12.4. The minimum Gasteiger partial charge on any atom is -0.481 e. The topological polar surface area (TPSA) is 93.1 Å². The average Bonchev–Trinajstić information content (AvgIpc) is 2.82. The van der Waals surface area contributed by atoms with Crippen LogP contribution in [-0.2, 0) is 37.5 Å². The van der Waals surface area contributed by atoms with Gasteiger partial charge in [-0.2, -0.15) is 0 Å². The fraction of sp³-hybridized carbons (Fsp3) is 0.483. The van der Waals surface area contributed by atoms with Crippen LogP contribution in [0.1, 0.15) is 63.6 Å². The van der Waals surface area contributed by atoms with Crippen LogP contribution in [0.15, 0.2) is 54.6 Å². The third-order valence-electron chi connectivity index (χ3n) is 6.40. The molecule has 0 aromatic heterocycles. The highest BCUT2D eigenvalue weighted by Gasteiger charge is 2.36. The summed E-state index contributed by atoms with van der Waals surface area (Å²) in [5, 5.41) is 10.1. The molecule has 1 N–H and O–H groups in total. The van der Waals surface area contributed by atoms with Gasteiger partial charge in [-0.05, 0) is 48.8 Å². The van der Waals surface area contributed by atoms with Gasteiger partial charge >= 0.3 is 18.0 Å². The summed E-state index contributed by atoms with van der Waals surface area (Å²) in [4.78, 5) is 38.2. The molecule has 7 heteroatoms. The smallest absolute Gasteiger partial charge is 0.409 e. The molecular weight excluding hydrogens is 458 g/mol. The Morgan fingerprint density at radius 1 is 0.917 bits per heavy atom. The third-order valence-corrected chi connectivity index (χ3v) is 6.40. The van der Waals surface area contributed by atoms with E-state index >= 15 is 0 Å². The number of hydrogen-bond acceptors (Lipinski definition) is 5. The van der Waals surface area contributed by atoms with Crippen molar-refractivity contribution in [2.45, 2.75) is 65.4 Å². The van der Waals surface area contributed by atoms with E-state index in [2.05, 4.69) is 13.8 Å². The molecule has 0 saturated carbocycles. The molecule has 0 fully saturated rings. The normalized spacial score (nSPS) is 12.9. The van der Waals surface area contributed by atoms with Crippen LogP contribution in [0.3, 0.4) is 0 Å². The van der Waals surface area contributed by atoms with Crippen LogP contribution in [-0.4, -0.2) is 48.2 Å². The number of rotatable bonds is 13. The Balaban J connectivity index is 1.95. The average molecular weight is 498 g/mol. The molecule has 0 radical (unpaired) electrons. The second kappa shape index (κ2) is 13.1. The van der Waals surface area contributed by atoms with Gasteiger partial charge in [0.2, 0.25) is 0 Å². The van der Waals surface area contributed by atoms with Crippen LogP contribution in [0.25, 0.3) is 0 Å². The third kappa shape index (κ3) is 8.70. The summed E-state index contributed by atoms with van der Waals surface area (Å²) < 4.78 is 10.4. The van der Waals surface area contributed by atoms with Gasteiger partial charge < -0.3 is 19.5 Å². The summed E-state index contributed by atoms with van der Waals surface area (Å²) in [6, 6.07) is 16.7. The van der Waals surface area contributed by atoms with Gasteiger partial charge in [-0.25, -0.2) is 4.79 Å². The number of ether oxygens (including phenoxy) is 2. The molecule has 0 aliphatic carbocycles. The first-order valence-electron chi connectivity index (χ1n) is 12.4. The zero-order valence-corrected chi connectivity index (χ0v) is 22.1. The number of nitrogens with zero attached hydrogens (tertiary/aromatic N) is 1. The van der Waals surface area contributed by atoms with Crippen molar-refractivity contribution >= 4 is 18.0 Å². The van der Waals surface area contributed by atoms with Crippen molar-refractivity contribution in [1.29, 1.82) is 0 Å². The number of hydrogen-bond donors (Lipinski definition) is 1. The van der Waals surface area contributed by atoms with E-state index in [-0.39, 0.29) is 30.5 Å². The van der Waals surface area contributed by atoms with Gasteiger partial charge in [-0.3, -0.25) is 9.59 Å². The maximum absolute atomic E-state index is 12.4. The number of carbonyl (C=O) groups excluding carboxylic acids is 2. The monoisotopic (exact) mass is 497 g/mol. The Labute approximate surface area is 214 Å². The molecule has 1 amide bonds. The molecule has 7 nitrogen and oxygen atoms in total. The zero-order valence-electron chi connectivity index (χ0n) is 22.1. The van der Waals surface area contributed by atoms with Crippen molar-refractivity contribution in [2.75, 3.05) is 20.2 Å². The Morgan fingerprint density at radius 3 is 2.22 bits per heavy atom. The lowest BCUT2D eigenvalue weighted by Crippen LogP contribution is -2.37. The van der Waals surface area contributed by atoms with Crippen molar-refractivity contribution in [1.82, 2.24) is 4.90 Å². The molecule has 1 unspecified atom stereocenters. The van der Waals surface area contributed by atoms with Crippen molar-refractivity contribution in [3.05, 3.63) is 71.3 Å². The molecule has 0 aliphatic heterocycles. The molecule has 2 rings (SSSR count). The van der Waals surface area contributed by atoms with E-state index in [0.29, 0.717) is 31.6 Å². The summed E-state index contributed by atoms with van der Waals surface area (Å²) >= 11 is 0. The van der Waals surface area contributed by atoms with Crippen molar-refractivity contribution < 1.29 is 29.0 Å². The first-order valence-corrected chi connectivity index (χ1v) is 12.4. The first-order chi connectivity index (χ1) is 17.0. The summed E-state index contributed by atoms with van der Waals surface area (Å²) in [6.07, 6.45) is 1.54. The molecule has 0 heterocycles. The Kier molecular flexibility index (Phi) is 10.5. The number of benzene rings is 2. The maximum Gasteiger partial charge on any atom is 0.409 e. The second-order valence-electron chi connectivity index (χ2n) is 10.2. The van der Waals surface area contributed by atoms with E-state index in [1.807, 2.05) is 30.3 Å². The van der Waals surface area contributed by atoms with Gasteiger partial charge in [0.15, 0.2) is 0 Å². The van der Waals surface area contributed by atoms with Crippen LogP contribution in [0.2, 0.25) is 0 Å². The van der Waals surface area contributed by atoms with Crippen LogP contribution < -0.4 is 0 Å². The Bertz CT molecular complexity index is 1020. The number of carboxylic acids is 1. The highest BCUT2D eigenvalue weighted by Crippen LogP contribution is 2.34. The van der Waals surface area contributed by atoms with Crippen LogP contribution in [0.5, 0.6) is 0 Å². The Morgan fingerprint density at radius 2 is 1.58 bits per heavy atom. The van der Waals surface area contributed by atoms with E-state index < -0.39 is 11.4 Å². The number of carbonyl (C=O) groups is 3. The molecule has 196 valence electrons. The fourth-order valence-electron chi connectivity index (χ4n) is 4.31. The second-order valence-corrected chi connectivity index (χ2v) is 10.2. The highest BCUT2D eigenvalue weighted by atomic mass is 16.6. The number of aliphatic carboxylic acids is 1. The lowest BCUT2D eigenvalue weighted by molar-refractivity contribution is -0.143. The predicted octanol–water partition coefficient (Wildman–Crippen LogP) is 5.60. The van der Waals surface area contributed by atoms with Gasteiger partial charge in [-0.1, -0.05) is 74.9 Å². The SMILES string of the molecule is CCOC(=O)Cc1cccc(C(C)(CCCC(C)(C)CN(C)C(=O)OCc2ccccc2)C(=O)O)c1.